The van der Waals surface area contributed by atoms with Gasteiger partial charge in [-0.3, -0.25) is 5.10 Å². The number of likely N-dealkylation sites (tertiary alicyclic amines) is 1. The van der Waals surface area contributed by atoms with Crippen LogP contribution in [0.5, 0.6) is 17.2 Å². The number of aromatic amines is 1. The number of H-pyrrole nitrogens is 1. The Bertz CT molecular complexity index is 1380. The topological polar surface area (TPSA) is 83.5 Å². The molecule has 9 heteroatoms. The molecule has 7 nitrogen and oxygen atoms in total. The number of piperidine rings is 1. The molecule has 0 atom stereocenters. The van der Waals surface area contributed by atoms with E-state index in [2.05, 4.69) is 27.1 Å². The highest BCUT2D eigenvalue weighted by Gasteiger charge is 2.27. The molecule has 0 unspecified atom stereocenters. The molecule has 4 aromatic rings. The van der Waals surface area contributed by atoms with E-state index in [0.29, 0.717) is 57.3 Å². The Hall–Kier alpha value is -3.10. The Kier molecular flexibility index (Phi) is 5.95. The van der Waals surface area contributed by atoms with Gasteiger partial charge < -0.3 is 19.5 Å². The van der Waals surface area contributed by atoms with Gasteiger partial charge in [0.15, 0.2) is 17.1 Å². The molecule has 0 spiro atoms. The van der Waals surface area contributed by atoms with Crippen LogP contribution in [-0.4, -0.2) is 59.0 Å². The van der Waals surface area contributed by atoms with Crippen molar-refractivity contribution in [3.05, 3.63) is 40.8 Å². The van der Waals surface area contributed by atoms with Crippen LogP contribution < -0.4 is 9.47 Å². The highest BCUT2D eigenvalue weighted by Crippen LogP contribution is 2.47. The fraction of sp³-hybridized carbons (Fsp3) is 0.360. The minimum Gasteiger partial charge on any atom is -0.506 e. The zero-order valence-corrected chi connectivity index (χ0v) is 20.0. The summed E-state index contributed by atoms with van der Waals surface area (Å²) in [5, 5.41) is 18.5. The summed E-state index contributed by atoms with van der Waals surface area (Å²) in [4.78, 5) is 6.94. The second kappa shape index (κ2) is 8.92. The van der Waals surface area contributed by atoms with Crippen LogP contribution in [0, 0.1) is 18.7 Å². The van der Waals surface area contributed by atoms with Gasteiger partial charge >= 0.3 is 0 Å². The maximum absolute atomic E-state index is 16.1. The summed E-state index contributed by atoms with van der Waals surface area (Å²) in [6, 6.07) is 4.67. The molecule has 5 rings (SSSR count). The molecule has 0 amide bonds. The largest absolute Gasteiger partial charge is 0.506 e. The van der Waals surface area contributed by atoms with Gasteiger partial charge in [0, 0.05) is 21.9 Å². The summed E-state index contributed by atoms with van der Waals surface area (Å²) in [5.41, 5.74) is 1.77. The first-order chi connectivity index (χ1) is 16.4. The number of ether oxygens (including phenoxy) is 2. The Balaban J connectivity index is 1.70. The number of nitrogens with zero attached hydrogens (tertiary/aromatic N) is 3. The van der Waals surface area contributed by atoms with Crippen LogP contribution in [0.4, 0.5) is 4.39 Å². The number of aromatic hydroxyl groups is 1. The van der Waals surface area contributed by atoms with Crippen LogP contribution in [0.1, 0.15) is 18.4 Å². The van der Waals surface area contributed by atoms with E-state index in [1.807, 2.05) is 0 Å². The molecule has 1 aliphatic rings. The Morgan fingerprint density at radius 3 is 2.71 bits per heavy atom. The van der Waals surface area contributed by atoms with E-state index < -0.39 is 5.82 Å². The van der Waals surface area contributed by atoms with E-state index >= 15 is 4.39 Å². The number of aromatic nitrogens is 3. The third-order valence-corrected chi connectivity index (χ3v) is 6.95. The Morgan fingerprint density at radius 2 is 2.00 bits per heavy atom. The first-order valence-corrected chi connectivity index (χ1v) is 11.6. The Labute approximate surface area is 201 Å². The number of methoxy groups -OCH3 is 1. The lowest BCUT2D eigenvalue weighted by molar-refractivity contribution is 0.157. The van der Waals surface area contributed by atoms with Crippen molar-refractivity contribution in [3.8, 4) is 28.5 Å². The lowest BCUT2D eigenvalue weighted by Gasteiger charge is -2.29. The molecule has 1 aliphatic heterocycles. The number of benzene rings is 2. The number of fused-ring (bicyclic) bond motifs is 3. The van der Waals surface area contributed by atoms with E-state index in [-0.39, 0.29) is 16.2 Å². The fourth-order valence-electron chi connectivity index (χ4n) is 4.65. The number of halogens is 2. The minimum atomic E-state index is -0.441. The second-order valence-electron chi connectivity index (χ2n) is 8.87. The van der Waals surface area contributed by atoms with E-state index in [0.717, 1.165) is 25.9 Å². The third kappa shape index (κ3) is 3.80. The van der Waals surface area contributed by atoms with Gasteiger partial charge in [0.25, 0.3) is 0 Å². The predicted molar refractivity (Wildman–Crippen MR) is 130 cm³/mol. The number of pyridine rings is 1. The van der Waals surface area contributed by atoms with Gasteiger partial charge in [-0.05, 0) is 64.0 Å². The molecular weight excluding hydrogens is 459 g/mol. The highest BCUT2D eigenvalue weighted by molar-refractivity contribution is 6.32. The summed E-state index contributed by atoms with van der Waals surface area (Å²) in [5.74, 6) is 0.747. The zero-order chi connectivity index (χ0) is 24.0. The molecule has 2 aromatic heterocycles. The fourth-order valence-corrected chi connectivity index (χ4v) is 4.83. The molecule has 1 fully saturated rings. The van der Waals surface area contributed by atoms with Gasteiger partial charge in [-0.2, -0.15) is 5.10 Å². The summed E-state index contributed by atoms with van der Waals surface area (Å²) in [6.07, 6.45) is 3.68. The molecule has 0 saturated carbocycles. The van der Waals surface area contributed by atoms with E-state index in [4.69, 9.17) is 21.1 Å². The van der Waals surface area contributed by atoms with E-state index in [1.54, 1.807) is 32.4 Å². The lowest BCUT2D eigenvalue weighted by atomic mass is 9.97. The van der Waals surface area contributed by atoms with Crippen LogP contribution >= 0.6 is 11.6 Å². The van der Waals surface area contributed by atoms with Crippen LogP contribution in [-0.2, 0) is 0 Å². The predicted octanol–water partition coefficient (Wildman–Crippen LogP) is 5.31. The van der Waals surface area contributed by atoms with Crippen LogP contribution in [0.15, 0.2) is 24.4 Å². The van der Waals surface area contributed by atoms with E-state index in [9.17, 15) is 5.11 Å². The third-order valence-electron chi connectivity index (χ3n) is 6.65. The zero-order valence-electron chi connectivity index (χ0n) is 19.3. The SMILES string of the molecule is COc1c(OCC2CCN(C)CC2)c(C)c(F)c2c(-c3ccc(O)c(Cl)c3)nc3[nH]ncc3c12. The highest BCUT2D eigenvalue weighted by atomic mass is 35.5. The van der Waals surface area contributed by atoms with Gasteiger partial charge in [-0.25, -0.2) is 9.37 Å². The number of rotatable bonds is 5. The average molecular weight is 485 g/mol. The standard InChI is InChI=1S/C25H26ClFN4O3/c1-13-21(27)20-19(24(33-3)23(13)34-12-14-6-8-31(2)9-7-14)16-11-28-30-25(16)29-22(20)15-4-5-18(32)17(26)10-15/h4-5,10-11,14,32H,6-9,12H2,1-3H3,(H,28,29,30). The van der Waals surface area contributed by atoms with Crippen molar-refractivity contribution >= 4 is 33.4 Å². The van der Waals surface area contributed by atoms with Crippen molar-refractivity contribution in [1.29, 1.82) is 0 Å². The number of hydrogen-bond donors (Lipinski definition) is 2. The number of phenols is 1. The molecule has 178 valence electrons. The smallest absolute Gasteiger partial charge is 0.169 e. The monoisotopic (exact) mass is 484 g/mol. The average Bonchev–Trinajstić information content (AvgIpc) is 3.31. The van der Waals surface area contributed by atoms with Gasteiger partial charge in [0.05, 0.1) is 36.0 Å². The van der Waals surface area contributed by atoms with Crippen LogP contribution in [0.2, 0.25) is 5.02 Å². The summed E-state index contributed by atoms with van der Waals surface area (Å²) in [6.45, 7) is 4.23. The van der Waals surface area contributed by atoms with Gasteiger partial charge in [-0.15, -0.1) is 0 Å². The first-order valence-electron chi connectivity index (χ1n) is 11.2. The number of phenolic OH excluding ortho intramolecular Hbond substituents is 1. The summed E-state index contributed by atoms with van der Waals surface area (Å²) >= 11 is 6.15. The van der Waals surface area contributed by atoms with Gasteiger partial charge in [0.1, 0.15) is 11.6 Å². The molecule has 2 N–H and O–H groups in total. The van der Waals surface area contributed by atoms with Crippen molar-refractivity contribution in [3.63, 3.8) is 0 Å². The van der Waals surface area contributed by atoms with Crippen molar-refractivity contribution in [2.45, 2.75) is 19.8 Å². The molecule has 2 aromatic carbocycles. The molecule has 1 saturated heterocycles. The van der Waals surface area contributed by atoms with Crippen molar-refractivity contribution in [2.75, 3.05) is 33.9 Å². The number of nitrogens with one attached hydrogen (secondary N) is 1. The minimum absolute atomic E-state index is 0.0591. The summed E-state index contributed by atoms with van der Waals surface area (Å²) in [7, 11) is 3.67. The molecular formula is C25H26ClFN4O3. The molecule has 0 bridgehead atoms. The molecule has 0 radical (unpaired) electrons. The number of hydrogen-bond acceptors (Lipinski definition) is 6. The summed E-state index contributed by atoms with van der Waals surface area (Å²) < 4.78 is 28.1. The second-order valence-corrected chi connectivity index (χ2v) is 9.28. The van der Waals surface area contributed by atoms with Crippen LogP contribution in [0.3, 0.4) is 0 Å². The maximum atomic E-state index is 16.1. The normalized spacial score (nSPS) is 15.3. The Morgan fingerprint density at radius 1 is 1.24 bits per heavy atom. The van der Waals surface area contributed by atoms with Gasteiger partial charge in [-0.1, -0.05) is 11.6 Å². The van der Waals surface area contributed by atoms with Crippen molar-refractivity contribution < 1.29 is 19.0 Å². The quantitative estimate of drug-likeness (QED) is 0.399. The molecule has 3 heterocycles. The molecule has 34 heavy (non-hydrogen) atoms. The van der Waals surface area contributed by atoms with E-state index in [1.165, 1.54) is 6.07 Å². The lowest BCUT2D eigenvalue weighted by Crippen LogP contribution is -2.32. The first kappa shape index (κ1) is 22.7. The van der Waals surface area contributed by atoms with Crippen molar-refractivity contribution in [1.82, 2.24) is 20.1 Å². The maximum Gasteiger partial charge on any atom is 0.169 e. The molecule has 0 aliphatic carbocycles. The van der Waals surface area contributed by atoms with Crippen molar-refractivity contribution in [2.24, 2.45) is 5.92 Å². The van der Waals surface area contributed by atoms with Gasteiger partial charge in [0.2, 0.25) is 0 Å². The van der Waals surface area contributed by atoms with Crippen LogP contribution in [0.25, 0.3) is 33.1 Å².